The molecule has 2 aromatic heterocycles. The normalized spacial score (nSPS) is 13.2. The Hall–Kier alpha value is -3.78. The molecule has 1 aliphatic rings. The third-order valence-corrected chi connectivity index (χ3v) is 9.43. The number of nitro groups is 1. The van der Waals surface area contributed by atoms with Crippen LogP contribution in [0, 0.1) is 17.0 Å². The first-order chi connectivity index (χ1) is 20.6. The first kappa shape index (κ1) is 32.1. The van der Waals surface area contributed by atoms with Gasteiger partial charge in [0.1, 0.15) is 5.00 Å². The molecule has 2 heterocycles. The molecule has 43 heavy (non-hydrogen) atoms. The van der Waals surface area contributed by atoms with E-state index in [1.165, 1.54) is 29.2 Å². The van der Waals surface area contributed by atoms with Crippen molar-refractivity contribution in [2.24, 2.45) is 0 Å². The molecule has 4 rings (SSSR count). The van der Waals surface area contributed by atoms with Crippen LogP contribution in [0.3, 0.4) is 0 Å². The number of hydrogen-bond donors (Lipinski definition) is 2. The number of unbranched alkanes of at least 4 members (excludes halogenated alkanes) is 1. The lowest BCUT2D eigenvalue weighted by molar-refractivity contribution is -0.385. The number of carbonyl (C=O) groups is 3. The summed E-state index contributed by atoms with van der Waals surface area (Å²) in [6, 6.07) is 4.34. The van der Waals surface area contributed by atoms with Crippen LogP contribution in [0.4, 0.5) is 10.7 Å². The van der Waals surface area contributed by atoms with Gasteiger partial charge >= 0.3 is 5.97 Å². The van der Waals surface area contributed by atoms with Gasteiger partial charge in [-0.1, -0.05) is 31.2 Å². The number of nitro benzene ring substituents is 1. The number of amides is 2. The Bertz CT molecular complexity index is 1520. The Morgan fingerprint density at radius 3 is 2.70 bits per heavy atom. The van der Waals surface area contributed by atoms with Crippen LogP contribution in [0.5, 0.6) is 0 Å². The molecule has 0 aliphatic heterocycles. The van der Waals surface area contributed by atoms with Gasteiger partial charge in [0.15, 0.2) is 11.0 Å². The van der Waals surface area contributed by atoms with Crippen molar-refractivity contribution < 1.29 is 24.0 Å². The van der Waals surface area contributed by atoms with E-state index in [1.807, 2.05) is 4.57 Å². The Labute approximate surface area is 258 Å². The van der Waals surface area contributed by atoms with Gasteiger partial charge in [0, 0.05) is 28.6 Å². The molecule has 230 valence electrons. The average Bonchev–Trinajstić information content (AvgIpc) is 3.54. The van der Waals surface area contributed by atoms with Crippen LogP contribution >= 0.6 is 23.1 Å². The van der Waals surface area contributed by atoms with Gasteiger partial charge in [0.25, 0.3) is 11.6 Å². The molecule has 0 saturated heterocycles. The summed E-state index contributed by atoms with van der Waals surface area (Å²) in [5.74, 6) is -0.640. The molecule has 1 unspecified atom stereocenters. The van der Waals surface area contributed by atoms with E-state index in [2.05, 4.69) is 27.8 Å². The van der Waals surface area contributed by atoms with Gasteiger partial charge in [-0.15, -0.1) is 21.5 Å². The summed E-state index contributed by atoms with van der Waals surface area (Å²) < 4.78 is 7.18. The molecule has 1 aliphatic carbocycles. The standard InChI is InChI=1S/C29H36N6O6S2/c1-5-7-14-34-23(16-30-26(37)19-13-12-17(3)21(15-19)35(39)40)32-33-29(34)42-18(4)25(36)31-27-24(28(38)41-6-2)20-10-8-9-11-22(20)43-27/h12-13,15,18H,5-11,14,16H2,1-4H3,(H,30,37)(H,31,36). The van der Waals surface area contributed by atoms with Crippen molar-refractivity contribution >= 4 is 51.6 Å². The minimum atomic E-state index is -0.561. The Kier molecular flexibility index (Phi) is 10.9. The smallest absolute Gasteiger partial charge is 0.341 e. The molecule has 0 saturated carbocycles. The number of esters is 1. The first-order valence-electron chi connectivity index (χ1n) is 14.4. The van der Waals surface area contributed by atoms with Gasteiger partial charge in [-0.2, -0.15) is 0 Å². The number of rotatable bonds is 13. The molecule has 0 bridgehead atoms. The molecule has 2 amide bonds. The summed E-state index contributed by atoms with van der Waals surface area (Å²) in [5, 5.41) is 26.1. The van der Waals surface area contributed by atoms with E-state index in [0.717, 1.165) is 49.0 Å². The maximum Gasteiger partial charge on any atom is 0.341 e. The fourth-order valence-corrected chi connectivity index (χ4v) is 6.96. The number of thioether (sulfide) groups is 1. The number of ether oxygens (including phenoxy) is 1. The number of nitrogens with one attached hydrogen (secondary N) is 2. The molecule has 12 nitrogen and oxygen atoms in total. The van der Waals surface area contributed by atoms with Crippen LogP contribution in [-0.2, 0) is 35.5 Å². The van der Waals surface area contributed by atoms with E-state index in [1.54, 1.807) is 32.9 Å². The lowest BCUT2D eigenvalue weighted by Crippen LogP contribution is -2.25. The number of anilines is 1. The molecule has 0 radical (unpaired) electrons. The summed E-state index contributed by atoms with van der Waals surface area (Å²) in [6.45, 7) is 8.10. The van der Waals surface area contributed by atoms with Gasteiger partial charge in [0.2, 0.25) is 5.91 Å². The first-order valence-corrected chi connectivity index (χ1v) is 16.1. The van der Waals surface area contributed by atoms with Gasteiger partial charge in [-0.25, -0.2) is 4.79 Å². The van der Waals surface area contributed by atoms with Crippen LogP contribution in [0.15, 0.2) is 23.4 Å². The SMILES string of the molecule is CCCCn1c(CNC(=O)c2ccc(C)c([N+](=O)[O-])c2)nnc1SC(C)C(=O)Nc1sc2c(c1C(=O)OCC)CCCC2. The van der Waals surface area contributed by atoms with E-state index in [9.17, 15) is 24.5 Å². The predicted octanol–water partition coefficient (Wildman–Crippen LogP) is 5.46. The van der Waals surface area contributed by atoms with E-state index in [0.29, 0.717) is 33.7 Å². The molecule has 1 aromatic carbocycles. The summed E-state index contributed by atoms with van der Waals surface area (Å²) >= 11 is 2.69. The summed E-state index contributed by atoms with van der Waals surface area (Å²) in [4.78, 5) is 50.8. The Morgan fingerprint density at radius 1 is 1.21 bits per heavy atom. The second kappa shape index (κ2) is 14.6. The molecule has 14 heteroatoms. The zero-order valence-corrected chi connectivity index (χ0v) is 26.4. The maximum absolute atomic E-state index is 13.3. The predicted molar refractivity (Wildman–Crippen MR) is 165 cm³/mol. The number of carbonyl (C=O) groups excluding carboxylic acids is 3. The van der Waals surface area contributed by atoms with Crippen molar-refractivity contribution in [3.63, 3.8) is 0 Å². The molecule has 0 fully saturated rings. The molecule has 1 atom stereocenters. The highest BCUT2D eigenvalue weighted by Gasteiger charge is 2.29. The van der Waals surface area contributed by atoms with Crippen molar-refractivity contribution in [3.05, 3.63) is 61.3 Å². The van der Waals surface area contributed by atoms with Crippen LogP contribution < -0.4 is 10.6 Å². The number of fused-ring (bicyclic) bond motifs is 1. The second-order valence-electron chi connectivity index (χ2n) is 10.2. The maximum atomic E-state index is 13.3. The lowest BCUT2D eigenvalue weighted by atomic mass is 9.95. The molecule has 0 spiro atoms. The van der Waals surface area contributed by atoms with Gasteiger partial charge in [-0.3, -0.25) is 19.7 Å². The third kappa shape index (κ3) is 7.60. The van der Waals surface area contributed by atoms with Crippen LogP contribution in [0.2, 0.25) is 0 Å². The molecule has 2 N–H and O–H groups in total. The van der Waals surface area contributed by atoms with E-state index < -0.39 is 22.0 Å². The van der Waals surface area contributed by atoms with Crippen molar-refractivity contribution in [1.82, 2.24) is 20.1 Å². The summed E-state index contributed by atoms with van der Waals surface area (Å²) in [5.41, 5.74) is 1.97. The van der Waals surface area contributed by atoms with Gasteiger partial charge < -0.3 is 19.9 Å². The monoisotopic (exact) mass is 628 g/mol. The fraction of sp³-hybridized carbons (Fsp3) is 0.483. The molecule has 3 aromatic rings. The largest absolute Gasteiger partial charge is 0.462 e. The number of aryl methyl sites for hydroxylation is 2. The minimum absolute atomic E-state index is 0.0575. The lowest BCUT2D eigenvalue weighted by Gasteiger charge is -2.14. The number of hydrogen-bond acceptors (Lipinski definition) is 10. The minimum Gasteiger partial charge on any atom is -0.462 e. The van der Waals surface area contributed by atoms with Crippen LogP contribution in [0.25, 0.3) is 0 Å². The Balaban J connectivity index is 1.47. The van der Waals surface area contributed by atoms with Crippen molar-refractivity contribution in [2.45, 2.75) is 89.7 Å². The van der Waals surface area contributed by atoms with E-state index in [4.69, 9.17) is 4.74 Å². The highest BCUT2D eigenvalue weighted by Crippen LogP contribution is 2.39. The number of thiophene rings is 1. The highest BCUT2D eigenvalue weighted by molar-refractivity contribution is 8.00. The molecular formula is C29H36N6O6S2. The van der Waals surface area contributed by atoms with Crippen LogP contribution in [0.1, 0.15) is 89.0 Å². The average molecular weight is 629 g/mol. The quantitative estimate of drug-likeness (QED) is 0.108. The number of benzene rings is 1. The molecular weight excluding hydrogens is 592 g/mol. The summed E-state index contributed by atoms with van der Waals surface area (Å²) in [7, 11) is 0. The van der Waals surface area contributed by atoms with Crippen LogP contribution in [-0.4, -0.2) is 49.3 Å². The number of nitrogens with zero attached hydrogens (tertiary/aromatic N) is 4. The van der Waals surface area contributed by atoms with E-state index >= 15 is 0 Å². The van der Waals surface area contributed by atoms with Gasteiger partial charge in [-0.05, 0) is 64.5 Å². The van der Waals surface area contributed by atoms with Crippen molar-refractivity contribution in [1.29, 1.82) is 0 Å². The van der Waals surface area contributed by atoms with Gasteiger partial charge in [0.05, 0.1) is 28.9 Å². The second-order valence-corrected chi connectivity index (χ2v) is 12.6. The summed E-state index contributed by atoms with van der Waals surface area (Å²) in [6.07, 6.45) is 5.47. The highest BCUT2D eigenvalue weighted by atomic mass is 32.2. The van der Waals surface area contributed by atoms with Crippen molar-refractivity contribution in [3.8, 4) is 0 Å². The zero-order valence-electron chi connectivity index (χ0n) is 24.7. The fourth-order valence-electron chi connectivity index (χ4n) is 4.78. The Morgan fingerprint density at radius 2 is 1.98 bits per heavy atom. The zero-order chi connectivity index (χ0) is 31.1. The topological polar surface area (TPSA) is 158 Å². The van der Waals surface area contributed by atoms with Crippen molar-refractivity contribution in [2.75, 3.05) is 11.9 Å². The third-order valence-electron chi connectivity index (χ3n) is 7.14. The van der Waals surface area contributed by atoms with E-state index in [-0.39, 0.29) is 30.3 Å². The number of aromatic nitrogens is 3.